The minimum atomic E-state index is -1.27. The minimum Gasteiger partial charge on any atom is -0.468 e. The molecule has 0 bridgehead atoms. The normalized spacial score (nSPS) is 12.7. The summed E-state index contributed by atoms with van der Waals surface area (Å²) in [6, 6.07) is 8.42. The molecule has 1 atom stereocenters. The second-order valence-corrected chi connectivity index (χ2v) is 5.76. The first-order chi connectivity index (χ1) is 9.65. The molecule has 0 aromatic carbocycles. The zero-order chi connectivity index (χ0) is 14.1. The molecule has 3 rings (SSSR count). The number of aryl methyl sites for hydroxylation is 1. The highest BCUT2D eigenvalue weighted by molar-refractivity contribution is 7.84. The smallest absolute Gasteiger partial charge is 0.258 e. The number of pyridine rings is 1. The predicted molar refractivity (Wildman–Crippen MR) is 75.0 cm³/mol. The molecule has 102 valence electrons. The third kappa shape index (κ3) is 2.30. The number of hydrogen-bond donors (Lipinski definition) is 0. The molecule has 3 heterocycles. The van der Waals surface area contributed by atoms with Gasteiger partial charge in [0.05, 0.1) is 33.4 Å². The van der Waals surface area contributed by atoms with Crippen LogP contribution in [0.5, 0.6) is 0 Å². The molecule has 6 heteroatoms. The van der Waals surface area contributed by atoms with Crippen LogP contribution >= 0.6 is 0 Å². The van der Waals surface area contributed by atoms with Gasteiger partial charge in [0.2, 0.25) is 0 Å². The molecule has 0 aliphatic heterocycles. The molecule has 0 radical (unpaired) electrons. The Morgan fingerprint density at radius 2 is 2.20 bits per heavy atom. The second kappa shape index (κ2) is 5.05. The lowest BCUT2D eigenvalue weighted by Gasteiger charge is -2.03. The lowest BCUT2D eigenvalue weighted by Crippen LogP contribution is -2.15. The van der Waals surface area contributed by atoms with Crippen molar-refractivity contribution in [3.05, 3.63) is 64.6 Å². The van der Waals surface area contributed by atoms with Gasteiger partial charge in [-0.1, -0.05) is 6.07 Å². The SMILES string of the molecule is Cc1occc1[S@@](=O)Cc1cc(=O)n2ccccc2n1. The van der Waals surface area contributed by atoms with Gasteiger partial charge >= 0.3 is 0 Å². The van der Waals surface area contributed by atoms with Crippen LogP contribution in [0.25, 0.3) is 5.65 Å². The van der Waals surface area contributed by atoms with Gasteiger partial charge in [0.1, 0.15) is 11.4 Å². The Morgan fingerprint density at radius 3 is 2.95 bits per heavy atom. The first kappa shape index (κ1) is 12.8. The molecular formula is C14H12N2O3S. The van der Waals surface area contributed by atoms with Crippen molar-refractivity contribution >= 4 is 16.4 Å². The molecule has 0 fully saturated rings. The number of rotatable bonds is 3. The lowest BCUT2D eigenvalue weighted by atomic mass is 10.4. The van der Waals surface area contributed by atoms with Crippen molar-refractivity contribution in [2.24, 2.45) is 0 Å². The second-order valence-electron chi connectivity index (χ2n) is 4.35. The largest absolute Gasteiger partial charge is 0.468 e. The van der Waals surface area contributed by atoms with Crippen molar-refractivity contribution in [1.82, 2.24) is 9.38 Å². The van der Waals surface area contributed by atoms with E-state index in [0.29, 0.717) is 22.0 Å². The third-order valence-corrected chi connectivity index (χ3v) is 4.43. The van der Waals surface area contributed by atoms with Crippen LogP contribution in [0.3, 0.4) is 0 Å². The van der Waals surface area contributed by atoms with Crippen LogP contribution < -0.4 is 5.56 Å². The maximum atomic E-state index is 12.2. The number of aromatic nitrogens is 2. The first-order valence-electron chi connectivity index (χ1n) is 6.05. The topological polar surface area (TPSA) is 64.6 Å². The molecule has 20 heavy (non-hydrogen) atoms. The fourth-order valence-corrected chi connectivity index (χ4v) is 3.15. The van der Waals surface area contributed by atoms with Crippen LogP contribution in [-0.2, 0) is 16.6 Å². The fourth-order valence-electron chi connectivity index (χ4n) is 2.00. The van der Waals surface area contributed by atoms with E-state index >= 15 is 0 Å². The van der Waals surface area contributed by atoms with Gasteiger partial charge in [-0.2, -0.15) is 0 Å². The maximum absolute atomic E-state index is 12.2. The molecule has 0 aliphatic carbocycles. The third-order valence-electron chi connectivity index (χ3n) is 2.96. The van der Waals surface area contributed by atoms with Crippen LogP contribution in [0, 0.1) is 6.92 Å². The Bertz CT molecular complexity index is 851. The van der Waals surface area contributed by atoms with Gasteiger partial charge in [0.25, 0.3) is 5.56 Å². The molecule has 3 aromatic rings. The lowest BCUT2D eigenvalue weighted by molar-refractivity contribution is 0.526. The molecule has 0 saturated carbocycles. The van der Waals surface area contributed by atoms with E-state index in [9.17, 15) is 9.00 Å². The maximum Gasteiger partial charge on any atom is 0.258 e. The summed E-state index contributed by atoms with van der Waals surface area (Å²) in [5.74, 6) is 0.821. The Balaban J connectivity index is 1.98. The number of fused-ring (bicyclic) bond motifs is 1. The van der Waals surface area contributed by atoms with E-state index in [0.717, 1.165) is 0 Å². The summed E-state index contributed by atoms with van der Waals surface area (Å²) in [5, 5.41) is 0. The molecule has 3 aromatic heterocycles. The minimum absolute atomic E-state index is 0.175. The van der Waals surface area contributed by atoms with Crippen molar-refractivity contribution < 1.29 is 8.63 Å². The summed E-state index contributed by atoms with van der Waals surface area (Å²) >= 11 is 0. The number of hydrogen-bond acceptors (Lipinski definition) is 4. The summed E-state index contributed by atoms with van der Waals surface area (Å²) in [5.41, 5.74) is 0.891. The number of nitrogens with zero attached hydrogens (tertiary/aromatic N) is 2. The quantitative estimate of drug-likeness (QED) is 0.738. The molecule has 0 saturated heterocycles. The molecule has 0 amide bonds. The van der Waals surface area contributed by atoms with Crippen molar-refractivity contribution in [1.29, 1.82) is 0 Å². The number of furan rings is 1. The summed E-state index contributed by atoms with van der Waals surface area (Å²) in [4.78, 5) is 16.9. The van der Waals surface area contributed by atoms with Crippen molar-refractivity contribution in [2.45, 2.75) is 17.6 Å². The Morgan fingerprint density at radius 1 is 1.35 bits per heavy atom. The highest BCUT2D eigenvalue weighted by Crippen LogP contribution is 2.16. The summed E-state index contributed by atoms with van der Waals surface area (Å²) in [6.07, 6.45) is 3.16. The molecule has 0 spiro atoms. The molecule has 0 unspecified atom stereocenters. The van der Waals surface area contributed by atoms with Crippen molar-refractivity contribution in [2.75, 3.05) is 0 Å². The van der Waals surface area contributed by atoms with Crippen LogP contribution in [0.15, 0.2) is 56.9 Å². The van der Waals surface area contributed by atoms with Gasteiger partial charge in [0, 0.05) is 12.3 Å². The van der Waals surface area contributed by atoms with Crippen molar-refractivity contribution in [3.8, 4) is 0 Å². The summed E-state index contributed by atoms with van der Waals surface area (Å²) < 4.78 is 18.8. The van der Waals surface area contributed by atoms with E-state index < -0.39 is 10.8 Å². The van der Waals surface area contributed by atoms with Gasteiger partial charge < -0.3 is 4.42 Å². The average molecular weight is 288 g/mol. The summed E-state index contributed by atoms with van der Waals surface area (Å²) in [6.45, 7) is 1.76. The first-order valence-corrected chi connectivity index (χ1v) is 7.37. The van der Waals surface area contributed by atoms with Gasteiger partial charge in [-0.25, -0.2) is 4.98 Å². The predicted octanol–water partition coefficient (Wildman–Crippen LogP) is 1.90. The van der Waals surface area contributed by atoms with E-state index in [-0.39, 0.29) is 11.3 Å². The molecule has 0 aliphatic rings. The Hall–Kier alpha value is -2.21. The van der Waals surface area contributed by atoms with Gasteiger partial charge in [-0.05, 0) is 25.1 Å². The van der Waals surface area contributed by atoms with E-state index in [1.54, 1.807) is 31.3 Å². The van der Waals surface area contributed by atoms with Gasteiger partial charge in [0.15, 0.2) is 0 Å². The Labute approximate surface area is 117 Å². The van der Waals surface area contributed by atoms with E-state index in [2.05, 4.69) is 4.98 Å². The van der Waals surface area contributed by atoms with E-state index in [1.165, 1.54) is 16.7 Å². The van der Waals surface area contributed by atoms with Crippen LogP contribution in [0.4, 0.5) is 0 Å². The van der Waals surface area contributed by atoms with Crippen LogP contribution in [0.1, 0.15) is 11.5 Å². The van der Waals surface area contributed by atoms with Crippen LogP contribution in [0.2, 0.25) is 0 Å². The fraction of sp³-hybridized carbons (Fsp3) is 0.143. The summed E-state index contributed by atoms with van der Waals surface area (Å²) in [7, 11) is -1.27. The van der Waals surface area contributed by atoms with E-state index in [1.807, 2.05) is 6.07 Å². The monoisotopic (exact) mass is 288 g/mol. The van der Waals surface area contributed by atoms with Gasteiger partial charge in [-0.15, -0.1) is 0 Å². The zero-order valence-electron chi connectivity index (χ0n) is 10.8. The van der Waals surface area contributed by atoms with Crippen LogP contribution in [-0.4, -0.2) is 13.6 Å². The standard InChI is InChI=1S/C14H12N2O3S/c1-10-12(5-7-19-10)20(18)9-11-8-14(17)16-6-3-2-4-13(16)15-11/h2-8H,9H2,1H3/t20-/m0/s1. The molecule has 0 N–H and O–H groups in total. The average Bonchev–Trinajstić information content (AvgIpc) is 2.85. The molecule has 5 nitrogen and oxygen atoms in total. The van der Waals surface area contributed by atoms with Gasteiger partial charge in [-0.3, -0.25) is 13.4 Å². The van der Waals surface area contributed by atoms with E-state index in [4.69, 9.17) is 4.42 Å². The molecular weight excluding hydrogens is 276 g/mol. The highest BCUT2D eigenvalue weighted by atomic mass is 32.2. The Kier molecular flexibility index (Phi) is 3.23. The zero-order valence-corrected chi connectivity index (χ0v) is 11.6. The highest BCUT2D eigenvalue weighted by Gasteiger charge is 2.12. The van der Waals surface area contributed by atoms with Crippen molar-refractivity contribution in [3.63, 3.8) is 0 Å².